The van der Waals surface area contributed by atoms with Crippen molar-refractivity contribution in [1.82, 2.24) is 19.6 Å². The van der Waals surface area contributed by atoms with Crippen LogP contribution in [0.4, 0.5) is 4.79 Å². The maximum atomic E-state index is 14.2. The van der Waals surface area contributed by atoms with Gasteiger partial charge in [0.25, 0.3) is 5.91 Å². The van der Waals surface area contributed by atoms with Crippen molar-refractivity contribution < 1.29 is 19.1 Å². The minimum absolute atomic E-state index is 0. The zero-order valence-electron chi connectivity index (χ0n) is 26.7. The Hall–Kier alpha value is -2.16. The van der Waals surface area contributed by atoms with Crippen LogP contribution in [0.2, 0.25) is 0 Å². The molecule has 0 aliphatic carbocycles. The summed E-state index contributed by atoms with van der Waals surface area (Å²) in [5.74, 6) is 0.886. The van der Waals surface area contributed by atoms with E-state index < -0.39 is 5.54 Å². The van der Waals surface area contributed by atoms with E-state index in [0.717, 1.165) is 45.3 Å². The average Bonchev–Trinajstić information content (AvgIpc) is 3.68. The van der Waals surface area contributed by atoms with Crippen LogP contribution >= 0.6 is 12.4 Å². The fourth-order valence-corrected chi connectivity index (χ4v) is 8.78. The molecule has 5 atom stereocenters. The summed E-state index contributed by atoms with van der Waals surface area (Å²) in [6, 6.07) is 11.0. The Kier molecular flexibility index (Phi) is 9.24. The molecule has 5 heterocycles. The molecule has 6 rings (SSSR count). The first kappa shape index (κ1) is 32.2. The van der Waals surface area contributed by atoms with Gasteiger partial charge in [0.2, 0.25) is 5.91 Å². The molecular formula is C34H51ClN4O4. The van der Waals surface area contributed by atoms with Crippen molar-refractivity contribution in [3.63, 3.8) is 0 Å². The number of urea groups is 1. The first-order valence-corrected chi connectivity index (χ1v) is 16.3. The Morgan fingerprint density at radius 3 is 2.26 bits per heavy atom. The van der Waals surface area contributed by atoms with E-state index in [1.54, 1.807) is 0 Å². The molecule has 5 aliphatic heterocycles. The van der Waals surface area contributed by atoms with Crippen LogP contribution in [0.15, 0.2) is 30.3 Å². The second kappa shape index (κ2) is 12.3. The Bertz CT molecular complexity index is 1170. The molecule has 5 aliphatic rings. The summed E-state index contributed by atoms with van der Waals surface area (Å²) in [5.41, 5.74) is 0.514. The highest BCUT2D eigenvalue weighted by Crippen LogP contribution is 2.49. The van der Waals surface area contributed by atoms with Gasteiger partial charge < -0.3 is 14.5 Å². The molecule has 8 nitrogen and oxygen atoms in total. The lowest BCUT2D eigenvalue weighted by Gasteiger charge is -2.48. The van der Waals surface area contributed by atoms with Crippen LogP contribution in [0.25, 0.3) is 0 Å². The highest BCUT2D eigenvalue weighted by molar-refractivity contribution is 6.07. The van der Waals surface area contributed by atoms with E-state index in [4.69, 9.17) is 4.74 Å². The summed E-state index contributed by atoms with van der Waals surface area (Å²) >= 11 is 0. The van der Waals surface area contributed by atoms with Crippen LogP contribution in [0.3, 0.4) is 0 Å². The Labute approximate surface area is 263 Å². The first-order valence-electron chi connectivity index (χ1n) is 16.3. The molecule has 0 radical (unpaired) electrons. The molecule has 0 N–H and O–H groups in total. The molecule has 5 fully saturated rings. The number of carbonyl (C=O) groups is 3. The number of halogens is 1. The number of piperidine rings is 1. The molecule has 4 amide bonds. The van der Waals surface area contributed by atoms with Crippen LogP contribution in [-0.4, -0.2) is 100.0 Å². The highest BCUT2D eigenvalue weighted by atomic mass is 35.5. The van der Waals surface area contributed by atoms with Crippen molar-refractivity contribution in [2.75, 3.05) is 32.8 Å². The third-order valence-electron chi connectivity index (χ3n) is 10.5. The van der Waals surface area contributed by atoms with E-state index >= 15 is 0 Å². The van der Waals surface area contributed by atoms with Gasteiger partial charge in [0.05, 0.1) is 12.6 Å². The van der Waals surface area contributed by atoms with E-state index in [1.165, 1.54) is 10.5 Å². The largest absolute Gasteiger partial charge is 0.376 e. The zero-order valence-corrected chi connectivity index (χ0v) is 27.5. The molecule has 238 valence electrons. The maximum Gasteiger partial charge on any atom is 0.327 e. The van der Waals surface area contributed by atoms with Gasteiger partial charge in [0.15, 0.2) is 0 Å². The van der Waals surface area contributed by atoms with E-state index in [0.29, 0.717) is 44.2 Å². The Morgan fingerprint density at radius 1 is 1.00 bits per heavy atom. The van der Waals surface area contributed by atoms with E-state index in [9.17, 15) is 14.4 Å². The number of hydrogen-bond acceptors (Lipinski definition) is 5. The van der Waals surface area contributed by atoms with Gasteiger partial charge in [0, 0.05) is 56.7 Å². The quantitative estimate of drug-likeness (QED) is 0.390. The average molecular weight is 615 g/mol. The van der Waals surface area contributed by atoms with Crippen molar-refractivity contribution in [3.05, 3.63) is 35.9 Å². The second-order valence-electron chi connectivity index (χ2n) is 15.1. The van der Waals surface area contributed by atoms with Gasteiger partial charge in [-0.1, -0.05) is 51.1 Å². The van der Waals surface area contributed by atoms with Gasteiger partial charge in [-0.25, -0.2) is 4.79 Å². The molecule has 2 bridgehead atoms. The number of imide groups is 1. The predicted octanol–water partition coefficient (Wildman–Crippen LogP) is 5.30. The predicted molar refractivity (Wildman–Crippen MR) is 169 cm³/mol. The number of likely N-dealkylation sites (tertiary alicyclic amines) is 1. The lowest BCUT2D eigenvalue weighted by molar-refractivity contribution is -0.139. The number of hydrogen-bond donors (Lipinski definition) is 0. The Balaban J connectivity index is 0.00000368. The van der Waals surface area contributed by atoms with Crippen LogP contribution < -0.4 is 0 Å². The standard InChI is InChI=1S/C34H50N4O4.ClH/c1-23(2)38-32(41)37(21-28-12-9-15-42-28)31(40)34(38)16-26-13-14-27(17-34)36(26)20-25-19-35(30(39)18-33(3,4)5)22-29(25)24-10-7-6-8-11-24;/h6-8,10-11,23,25-29H,9,12-22H2,1-5H3;1H/t25-,26?,27?,28?,29-,34?;/m1./s1. The fraction of sp³-hybridized carbons (Fsp3) is 0.735. The topological polar surface area (TPSA) is 73.4 Å². The number of amides is 4. The van der Waals surface area contributed by atoms with Crippen molar-refractivity contribution in [2.24, 2.45) is 11.3 Å². The van der Waals surface area contributed by atoms with Gasteiger partial charge >= 0.3 is 6.03 Å². The van der Waals surface area contributed by atoms with E-state index in [1.807, 2.05) is 18.7 Å². The first-order chi connectivity index (χ1) is 20.0. The summed E-state index contributed by atoms with van der Waals surface area (Å²) in [6.45, 7) is 14.0. The number of rotatable bonds is 7. The van der Waals surface area contributed by atoms with Gasteiger partial charge in [0.1, 0.15) is 5.54 Å². The minimum atomic E-state index is -0.755. The summed E-state index contributed by atoms with van der Waals surface area (Å²) < 4.78 is 5.83. The number of carbonyl (C=O) groups excluding carboxylic acids is 3. The van der Waals surface area contributed by atoms with Gasteiger partial charge in [-0.3, -0.25) is 19.4 Å². The molecule has 3 unspecified atom stereocenters. The number of benzene rings is 1. The van der Waals surface area contributed by atoms with Crippen LogP contribution in [-0.2, 0) is 14.3 Å². The summed E-state index contributed by atoms with van der Waals surface area (Å²) in [7, 11) is 0. The van der Waals surface area contributed by atoms with E-state index in [-0.39, 0.29) is 59.9 Å². The maximum absolute atomic E-state index is 14.2. The molecule has 1 aromatic carbocycles. The van der Waals surface area contributed by atoms with Crippen molar-refractivity contribution in [3.8, 4) is 0 Å². The van der Waals surface area contributed by atoms with Crippen LogP contribution in [0.1, 0.15) is 91.0 Å². The number of nitrogens with zero attached hydrogens (tertiary/aromatic N) is 4. The lowest BCUT2D eigenvalue weighted by atomic mass is 9.79. The van der Waals surface area contributed by atoms with E-state index in [2.05, 4.69) is 60.9 Å². The summed E-state index contributed by atoms with van der Waals surface area (Å²) in [6.07, 6.45) is 5.92. The highest BCUT2D eigenvalue weighted by Gasteiger charge is 2.63. The molecule has 1 aromatic rings. The molecular weight excluding hydrogens is 564 g/mol. The summed E-state index contributed by atoms with van der Waals surface area (Å²) in [5, 5.41) is 0. The summed E-state index contributed by atoms with van der Waals surface area (Å²) in [4.78, 5) is 49.4. The number of ether oxygens (including phenoxy) is 1. The molecule has 1 spiro atoms. The SMILES string of the molecule is CC(C)N1C(=O)N(CC2CCCO2)C(=O)C12CC1CCC(C2)N1C[C@H]1CN(C(=O)CC(C)(C)C)C[C@@H]1c1ccccc1.Cl. The molecule has 0 saturated carbocycles. The molecule has 43 heavy (non-hydrogen) atoms. The third-order valence-corrected chi connectivity index (χ3v) is 10.5. The minimum Gasteiger partial charge on any atom is -0.376 e. The Morgan fingerprint density at radius 2 is 1.67 bits per heavy atom. The normalized spacial score (nSPS) is 32.9. The fourth-order valence-electron chi connectivity index (χ4n) is 8.78. The smallest absolute Gasteiger partial charge is 0.327 e. The molecule has 0 aromatic heterocycles. The zero-order chi connectivity index (χ0) is 29.8. The van der Waals surface area contributed by atoms with Gasteiger partial charge in [-0.2, -0.15) is 0 Å². The number of fused-ring (bicyclic) bond motifs is 2. The van der Waals surface area contributed by atoms with Crippen LogP contribution in [0.5, 0.6) is 0 Å². The van der Waals surface area contributed by atoms with Crippen molar-refractivity contribution in [2.45, 2.75) is 115 Å². The van der Waals surface area contributed by atoms with Crippen molar-refractivity contribution in [1.29, 1.82) is 0 Å². The molecule has 9 heteroatoms. The van der Waals surface area contributed by atoms with Crippen molar-refractivity contribution >= 4 is 30.3 Å². The van der Waals surface area contributed by atoms with Gasteiger partial charge in [-0.15, -0.1) is 12.4 Å². The molecule has 5 saturated heterocycles. The monoisotopic (exact) mass is 614 g/mol. The van der Waals surface area contributed by atoms with Gasteiger partial charge in [-0.05, 0) is 69.3 Å². The third kappa shape index (κ3) is 6.08. The van der Waals surface area contributed by atoms with Crippen LogP contribution in [0, 0.1) is 11.3 Å². The second-order valence-corrected chi connectivity index (χ2v) is 15.1. The lowest BCUT2D eigenvalue weighted by Crippen LogP contribution is -2.62.